The van der Waals surface area contributed by atoms with Gasteiger partial charge in [-0.3, -0.25) is 9.59 Å². The Morgan fingerprint density at radius 2 is 1.92 bits per heavy atom. The van der Waals surface area contributed by atoms with Crippen LogP contribution < -0.4 is 5.32 Å². The maximum Gasteiger partial charge on any atom is 0.248 e. The summed E-state index contributed by atoms with van der Waals surface area (Å²) in [7, 11) is 0. The quantitative estimate of drug-likeness (QED) is 0.436. The van der Waals surface area contributed by atoms with E-state index in [9.17, 15) is 14.7 Å². The molecule has 2 aromatic heterocycles. The Balaban J connectivity index is 1.34. The number of β-amino-alcohol motifs (C(OH)–C–C–N with tert-alkyl or cyclic N) is 1. The van der Waals surface area contributed by atoms with Crippen molar-refractivity contribution in [1.29, 1.82) is 0 Å². The number of benzene rings is 1. The van der Waals surface area contributed by atoms with E-state index in [1.54, 1.807) is 10.9 Å². The number of imidazole rings is 1. The number of aliphatic hydroxyl groups excluding tert-OH is 1. The zero-order valence-electron chi connectivity index (χ0n) is 23.2. The molecule has 2 amide bonds. The highest BCUT2D eigenvalue weighted by Gasteiger charge is 2.46. The lowest BCUT2D eigenvalue weighted by molar-refractivity contribution is -0.144. The molecular weight excluding hydrogens is 494 g/mol. The average molecular weight is 534 g/mol. The number of amides is 2. The van der Waals surface area contributed by atoms with Gasteiger partial charge in [-0.25, -0.2) is 9.67 Å². The number of nitrogens with zero attached hydrogens (tertiary/aromatic N) is 6. The Morgan fingerprint density at radius 3 is 2.59 bits per heavy atom. The van der Waals surface area contributed by atoms with Gasteiger partial charge >= 0.3 is 0 Å². The van der Waals surface area contributed by atoms with Crippen LogP contribution in [0, 0.1) is 5.41 Å². The molecule has 1 aliphatic carbocycles. The summed E-state index contributed by atoms with van der Waals surface area (Å²) >= 11 is 0. The molecule has 1 aliphatic heterocycles. The predicted molar refractivity (Wildman–Crippen MR) is 146 cm³/mol. The number of nitrogens with one attached hydrogen (secondary N) is 1. The van der Waals surface area contributed by atoms with Gasteiger partial charge in [0.05, 0.1) is 17.8 Å². The number of hydrogen-bond acceptors (Lipinski definition) is 6. The van der Waals surface area contributed by atoms with E-state index < -0.39 is 23.6 Å². The molecule has 2 N–H and O–H groups in total. The standard InChI is InChI=1S/C29H39N7O3/c1-5-22(26-30-13-14-34(26)16-19-9-7-6-8-10-19)31-27(38)24-15-21(37)17-35(24)28(39)25(29(2,3)4)36-18-23(32-33-36)20-11-12-20/h6-10,13-14,18,20-22,24-25,37H,5,11-12,15-17H2,1-4H3,(H,31,38)/t21-,22?,24+,25-/m0/s1. The molecular formula is C29H39N7O3. The van der Waals surface area contributed by atoms with Gasteiger partial charge in [-0.05, 0) is 30.2 Å². The maximum absolute atomic E-state index is 14.0. The molecule has 10 nitrogen and oxygen atoms in total. The van der Waals surface area contributed by atoms with Crippen LogP contribution in [0.4, 0.5) is 0 Å². The fraction of sp³-hybridized carbons (Fsp3) is 0.552. The van der Waals surface area contributed by atoms with E-state index >= 15 is 0 Å². The molecule has 39 heavy (non-hydrogen) atoms. The van der Waals surface area contributed by atoms with Crippen molar-refractivity contribution < 1.29 is 14.7 Å². The van der Waals surface area contributed by atoms with Gasteiger partial charge in [0.25, 0.3) is 0 Å². The third kappa shape index (κ3) is 5.90. The Kier molecular flexibility index (Phi) is 7.57. The summed E-state index contributed by atoms with van der Waals surface area (Å²) in [5.74, 6) is 0.659. The topological polar surface area (TPSA) is 118 Å². The zero-order chi connectivity index (χ0) is 27.7. The van der Waals surface area contributed by atoms with Crippen LogP contribution in [0.2, 0.25) is 0 Å². The Hall–Kier alpha value is -3.53. The molecule has 1 saturated heterocycles. The van der Waals surface area contributed by atoms with Crippen molar-refractivity contribution in [3.8, 4) is 0 Å². The SMILES string of the molecule is CCC(NC(=O)[C@H]1C[C@H](O)CN1C(=O)[C@H](n1cc(C2CC2)nn1)C(C)(C)C)c1nccn1Cc1ccccc1. The second kappa shape index (κ2) is 10.9. The minimum absolute atomic E-state index is 0.104. The van der Waals surface area contributed by atoms with Crippen molar-refractivity contribution in [2.45, 2.75) is 90.1 Å². The van der Waals surface area contributed by atoms with E-state index in [1.807, 2.05) is 62.9 Å². The number of carbonyl (C=O) groups excluding carboxylic acids is 2. The van der Waals surface area contributed by atoms with Gasteiger partial charge < -0.3 is 19.9 Å². The third-order valence-electron chi connectivity index (χ3n) is 7.69. The lowest BCUT2D eigenvalue weighted by atomic mass is 9.85. The van der Waals surface area contributed by atoms with Gasteiger partial charge in [-0.2, -0.15) is 0 Å². The number of aromatic nitrogens is 5. The number of carbonyl (C=O) groups is 2. The number of likely N-dealkylation sites (tertiary alicyclic amines) is 1. The molecule has 3 heterocycles. The molecule has 4 atom stereocenters. The molecule has 0 bridgehead atoms. The second-order valence-electron chi connectivity index (χ2n) is 11.9. The first kappa shape index (κ1) is 27.1. The normalized spacial score (nSPS) is 21.1. The minimum atomic E-state index is -0.782. The van der Waals surface area contributed by atoms with Crippen LogP contribution in [-0.2, 0) is 16.1 Å². The van der Waals surface area contributed by atoms with Crippen molar-refractivity contribution in [3.63, 3.8) is 0 Å². The summed E-state index contributed by atoms with van der Waals surface area (Å²) in [6.45, 7) is 8.69. The van der Waals surface area contributed by atoms with Crippen molar-refractivity contribution in [1.82, 2.24) is 34.8 Å². The van der Waals surface area contributed by atoms with Gasteiger partial charge in [0.2, 0.25) is 11.8 Å². The monoisotopic (exact) mass is 533 g/mol. The Bertz CT molecular complexity index is 1290. The first-order chi connectivity index (χ1) is 18.7. The number of hydrogen-bond donors (Lipinski definition) is 2. The summed E-state index contributed by atoms with van der Waals surface area (Å²) in [5, 5.41) is 22.3. The van der Waals surface area contributed by atoms with E-state index in [0.29, 0.717) is 18.9 Å². The molecule has 5 rings (SSSR count). The van der Waals surface area contributed by atoms with Crippen LogP contribution in [0.1, 0.15) is 88.5 Å². The van der Waals surface area contributed by atoms with E-state index in [1.165, 1.54) is 4.90 Å². The van der Waals surface area contributed by atoms with Crippen molar-refractivity contribution >= 4 is 11.8 Å². The maximum atomic E-state index is 14.0. The van der Waals surface area contributed by atoms with Crippen molar-refractivity contribution in [2.24, 2.45) is 5.41 Å². The Labute approximate surface area is 229 Å². The molecule has 0 spiro atoms. The van der Waals surface area contributed by atoms with Crippen LogP contribution in [-0.4, -0.2) is 65.1 Å². The lowest BCUT2D eigenvalue weighted by Gasteiger charge is -2.35. The molecule has 10 heteroatoms. The fourth-order valence-electron chi connectivity index (χ4n) is 5.49. The highest BCUT2D eigenvalue weighted by molar-refractivity contribution is 5.90. The summed E-state index contributed by atoms with van der Waals surface area (Å²) in [5.41, 5.74) is 1.57. The van der Waals surface area contributed by atoms with E-state index in [0.717, 1.165) is 29.9 Å². The zero-order valence-corrected chi connectivity index (χ0v) is 23.2. The average Bonchev–Trinajstić information content (AvgIpc) is 3.26. The lowest BCUT2D eigenvalue weighted by Crippen LogP contribution is -2.51. The van der Waals surface area contributed by atoms with E-state index in [4.69, 9.17) is 0 Å². The van der Waals surface area contributed by atoms with Gasteiger partial charge in [0.1, 0.15) is 17.9 Å². The van der Waals surface area contributed by atoms with Gasteiger partial charge in [0, 0.05) is 44.0 Å². The van der Waals surface area contributed by atoms with Crippen LogP contribution in [0.5, 0.6) is 0 Å². The van der Waals surface area contributed by atoms with Gasteiger partial charge in [0.15, 0.2) is 0 Å². The highest BCUT2D eigenvalue weighted by Crippen LogP contribution is 2.40. The fourth-order valence-corrected chi connectivity index (χ4v) is 5.49. The summed E-state index contributed by atoms with van der Waals surface area (Å²) in [6.07, 6.45) is 7.75. The second-order valence-corrected chi connectivity index (χ2v) is 11.9. The molecule has 1 aromatic carbocycles. The smallest absolute Gasteiger partial charge is 0.248 e. The molecule has 1 saturated carbocycles. The number of aliphatic hydroxyl groups is 1. The third-order valence-corrected chi connectivity index (χ3v) is 7.69. The largest absolute Gasteiger partial charge is 0.391 e. The van der Waals surface area contributed by atoms with Crippen molar-refractivity contribution in [3.05, 3.63) is 66.0 Å². The van der Waals surface area contributed by atoms with Crippen molar-refractivity contribution in [2.75, 3.05) is 6.54 Å². The molecule has 2 aliphatic rings. The number of rotatable bonds is 9. The Morgan fingerprint density at radius 1 is 1.18 bits per heavy atom. The van der Waals surface area contributed by atoms with Gasteiger partial charge in [-0.1, -0.05) is 63.2 Å². The highest BCUT2D eigenvalue weighted by atomic mass is 16.3. The first-order valence-electron chi connectivity index (χ1n) is 13.9. The summed E-state index contributed by atoms with van der Waals surface area (Å²) < 4.78 is 3.68. The molecule has 2 fully saturated rings. The minimum Gasteiger partial charge on any atom is -0.391 e. The summed E-state index contributed by atoms with van der Waals surface area (Å²) in [6, 6.07) is 8.33. The molecule has 1 unspecified atom stereocenters. The summed E-state index contributed by atoms with van der Waals surface area (Å²) in [4.78, 5) is 33.8. The van der Waals surface area contributed by atoms with Crippen LogP contribution in [0.15, 0.2) is 48.9 Å². The van der Waals surface area contributed by atoms with Gasteiger partial charge in [-0.15, -0.1) is 5.10 Å². The van der Waals surface area contributed by atoms with E-state index in [-0.39, 0.29) is 30.8 Å². The van der Waals surface area contributed by atoms with Crippen LogP contribution in [0.3, 0.4) is 0 Å². The first-order valence-corrected chi connectivity index (χ1v) is 13.9. The van der Waals surface area contributed by atoms with Crippen LogP contribution in [0.25, 0.3) is 0 Å². The molecule has 3 aromatic rings. The molecule has 0 radical (unpaired) electrons. The van der Waals surface area contributed by atoms with E-state index in [2.05, 4.69) is 32.7 Å². The molecule has 208 valence electrons. The predicted octanol–water partition coefficient (Wildman–Crippen LogP) is 3.22. The van der Waals surface area contributed by atoms with Crippen LogP contribution >= 0.6 is 0 Å².